The van der Waals surface area contributed by atoms with Gasteiger partial charge < -0.3 is 15.8 Å². The number of nitrogens with two attached hydrogens (primary N) is 1. The van der Waals surface area contributed by atoms with Crippen molar-refractivity contribution in [3.8, 4) is 0 Å². The quantitative estimate of drug-likeness (QED) is 0.493. The maximum Gasteiger partial charge on any atom is 0.328 e. The van der Waals surface area contributed by atoms with E-state index in [9.17, 15) is 9.59 Å². The minimum Gasteiger partial charge on any atom is -0.454 e. The molecule has 0 unspecified atom stereocenters. The molecule has 0 saturated heterocycles. The smallest absolute Gasteiger partial charge is 0.328 e. The highest BCUT2D eigenvalue weighted by molar-refractivity contribution is 5.80. The molecule has 1 amide bonds. The molecule has 0 aliphatic heterocycles. The number of hydrogen-bond acceptors (Lipinski definition) is 6. The SMILES string of the molecule is CCCCNC(=O)COC(=O)Cn1cnc(N)n1. The van der Waals surface area contributed by atoms with Gasteiger partial charge in [-0.2, -0.15) is 0 Å². The van der Waals surface area contributed by atoms with Crippen LogP contribution in [0.2, 0.25) is 0 Å². The van der Waals surface area contributed by atoms with Gasteiger partial charge in [-0.15, -0.1) is 5.10 Å². The van der Waals surface area contributed by atoms with Gasteiger partial charge in [-0.1, -0.05) is 13.3 Å². The van der Waals surface area contributed by atoms with Crippen LogP contribution in [0.3, 0.4) is 0 Å². The Morgan fingerprint density at radius 3 is 2.94 bits per heavy atom. The molecule has 1 aromatic rings. The standard InChI is InChI=1S/C10H17N5O3/c1-2-3-4-12-8(16)6-18-9(17)5-15-7-13-10(11)14-15/h7H,2-6H2,1H3,(H2,11,14)(H,12,16). The number of esters is 1. The normalized spacial score (nSPS) is 10.1. The van der Waals surface area contributed by atoms with Gasteiger partial charge in [-0.25, -0.2) is 9.67 Å². The number of rotatable bonds is 7. The van der Waals surface area contributed by atoms with Crippen LogP contribution in [0.4, 0.5) is 5.95 Å². The summed E-state index contributed by atoms with van der Waals surface area (Å²) >= 11 is 0. The summed E-state index contributed by atoms with van der Waals surface area (Å²) in [5.74, 6) is -0.791. The molecule has 1 heterocycles. The predicted octanol–water partition coefficient (Wildman–Crippen LogP) is -0.680. The van der Waals surface area contributed by atoms with Crippen molar-refractivity contribution in [1.82, 2.24) is 20.1 Å². The zero-order valence-electron chi connectivity index (χ0n) is 10.3. The van der Waals surface area contributed by atoms with Crippen molar-refractivity contribution in [2.24, 2.45) is 0 Å². The summed E-state index contributed by atoms with van der Waals surface area (Å²) in [5.41, 5.74) is 5.29. The fourth-order valence-electron chi connectivity index (χ4n) is 1.16. The molecule has 0 aromatic carbocycles. The van der Waals surface area contributed by atoms with E-state index in [4.69, 9.17) is 10.5 Å². The number of carbonyl (C=O) groups is 2. The molecule has 0 bridgehead atoms. The lowest BCUT2D eigenvalue weighted by molar-refractivity contribution is -0.149. The van der Waals surface area contributed by atoms with E-state index in [1.165, 1.54) is 11.0 Å². The van der Waals surface area contributed by atoms with Crippen LogP contribution < -0.4 is 11.1 Å². The number of hydrogen-bond donors (Lipinski definition) is 2. The van der Waals surface area contributed by atoms with Crippen LogP contribution >= 0.6 is 0 Å². The molecule has 0 radical (unpaired) electrons. The molecule has 18 heavy (non-hydrogen) atoms. The van der Waals surface area contributed by atoms with Gasteiger partial charge in [0.15, 0.2) is 6.61 Å². The van der Waals surface area contributed by atoms with Gasteiger partial charge in [0, 0.05) is 6.54 Å². The summed E-state index contributed by atoms with van der Waals surface area (Å²) in [6.07, 6.45) is 3.21. The molecule has 1 rings (SSSR count). The van der Waals surface area contributed by atoms with Crippen LogP contribution in [0.15, 0.2) is 6.33 Å². The number of carbonyl (C=O) groups excluding carboxylic acids is 2. The lowest BCUT2D eigenvalue weighted by atomic mass is 10.3. The third-order valence-electron chi connectivity index (χ3n) is 2.06. The van der Waals surface area contributed by atoms with Gasteiger partial charge in [-0.05, 0) is 6.42 Å². The van der Waals surface area contributed by atoms with Crippen LogP contribution in [0.5, 0.6) is 0 Å². The summed E-state index contributed by atoms with van der Waals surface area (Å²) in [6.45, 7) is 2.21. The summed E-state index contributed by atoms with van der Waals surface area (Å²) in [6, 6.07) is 0. The minimum atomic E-state index is -0.564. The van der Waals surface area contributed by atoms with Gasteiger partial charge in [0.1, 0.15) is 12.9 Å². The van der Waals surface area contributed by atoms with Crippen molar-refractivity contribution < 1.29 is 14.3 Å². The Labute approximate surface area is 105 Å². The second kappa shape index (κ2) is 7.25. The number of aromatic nitrogens is 3. The van der Waals surface area contributed by atoms with E-state index in [1.807, 2.05) is 6.92 Å². The topological polar surface area (TPSA) is 112 Å². The first-order valence-electron chi connectivity index (χ1n) is 5.69. The highest BCUT2D eigenvalue weighted by atomic mass is 16.5. The van der Waals surface area contributed by atoms with Crippen molar-refractivity contribution >= 4 is 17.8 Å². The Morgan fingerprint density at radius 1 is 1.56 bits per heavy atom. The number of nitrogens with zero attached hydrogens (tertiary/aromatic N) is 3. The maximum atomic E-state index is 11.3. The van der Waals surface area contributed by atoms with Crippen LogP contribution in [0.1, 0.15) is 19.8 Å². The molecule has 0 saturated carbocycles. The van der Waals surface area contributed by atoms with E-state index < -0.39 is 5.97 Å². The molecule has 8 nitrogen and oxygen atoms in total. The molecule has 0 aliphatic carbocycles. The number of nitrogen functional groups attached to an aromatic ring is 1. The third kappa shape index (κ3) is 5.28. The number of nitrogens with one attached hydrogen (secondary N) is 1. The van der Waals surface area contributed by atoms with Crippen molar-refractivity contribution in [3.05, 3.63) is 6.33 Å². The molecular weight excluding hydrogens is 238 g/mol. The number of ether oxygens (including phenoxy) is 1. The molecule has 0 fully saturated rings. The first kappa shape index (κ1) is 13.9. The summed E-state index contributed by atoms with van der Waals surface area (Å²) in [4.78, 5) is 26.2. The lowest BCUT2D eigenvalue weighted by Gasteiger charge is -2.05. The Balaban J connectivity index is 2.18. The van der Waals surface area contributed by atoms with E-state index in [1.54, 1.807) is 0 Å². The minimum absolute atomic E-state index is 0.0834. The third-order valence-corrected chi connectivity index (χ3v) is 2.06. The first-order chi connectivity index (χ1) is 8.61. The Hall–Kier alpha value is -2.12. The van der Waals surface area contributed by atoms with Crippen molar-refractivity contribution in [3.63, 3.8) is 0 Å². The largest absolute Gasteiger partial charge is 0.454 e. The number of unbranched alkanes of at least 4 members (excludes halogenated alkanes) is 1. The monoisotopic (exact) mass is 255 g/mol. The Morgan fingerprint density at radius 2 is 2.33 bits per heavy atom. The van der Waals surface area contributed by atoms with Gasteiger partial charge in [0.25, 0.3) is 5.91 Å². The zero-order chi connectivity index (χ0) is 13.4. The molecule has 0 spiro atoms. The number of anilines is 1. The highest BCUT2D eigenvalue weighted by Crippen LogP contribution is 1.91. The van der Waals surface area contributed by atoms with Crippen LogP contribution in [-0.4, -0.2) is 39.8 Å². The fourth-order valence-corrected chi connectivity index (χ4v) is 1.16. The molecular formula is C10H17N5O3. The summed E-state index contributed by atoms with van der Waals surface area (Å²) in [7, 11) is 0. The zero-order valence-corrected chi connectivity index (χ0v) is 10.3. The van der Waals surface area contributed by atoms with Crippen molar-refractivity contribution in [1.29, 1.82) is 0 Å². The van der Waals surface area contributed by atoms with Crippen molar-refractivity contribution in [2.75, 3.05) is 18.9 Å². The van der Waals surface area contributed by atoms with Crippen molar-refractivity contribution in [2.45, 2.75) is 26.3 Å². The van der Waals surface area contributed by atoms with E-state index in [-0.39, 0.29) is 25.0 Å². The maximum absolute atomic E-state index is 11.3. The van der Waals surface area contributed by atoms with E-state index in [2.05, 4.69) is 15.4 Å². The van der Waals surface area contributed by atoms with Crippen LogP contribution in [0.25, 0.3) is 0 Å². The fraction of sp³-hybridized carbons (Fsp3) is 0.600. The number of amides is 1. The van der Waals surface area contributed by atoms with Gasteiger partial charge >= 0.3 is 5.97 Å². The van der Waals surface area contributed by atoms with Crippen LogP contribution in [-0.2, 0) is 20.9 Å². The molecule has 100 valence electrons. The lowest BCUT2D eigenvalue weighted by Crippen LogP contribution is -2.30. The molecule has 8 heteroatoms. The van der Waals surface area contributed by atoms with E-state index >= 15 is 0 Å². The van der Waals surface area contributed by atoms with Gasteiger partial charge in [0.2, 0.25) is 5.95 Å². The molecule has 1 aromatic heterocycles. The first-order valence-corrected chi connectivity index (χ1v) is 5.69. The Bertz CT molecular complexity index is 404. The Kier molecular flexibility index (Phi) is 5.62. The second-order valence-electron chi connectivity index (χ2n) is 3.66. The van der Waals surface area contributed by atoms with Gasteiger partial charge in [-0.3, -0.25) is 9.59 Å². The summed E-state index contributed by atoms with van der Waals surface area (Å²) < 4.78 is 6.01. The second-order valence-corrected chi connectivity index (χ2v) is 3.66. The van der Waals surface area contributed by atoms with Crippen LogP contribution in [0, 0.1) is 0 Å². The van der Waals surface area contributed by atoms with Gasteiger partial charge in [0.05, 0.1) is 0 Å². The molecule has 0 atom stereocenters. The predicted molar refractivity (Wildman–Crippen MR) is 63.3 cm³/mol. The average molecular weight is 255 g/mol. The average Bonchev–Trinajstić information content (AvgIpc) is 2.72. The highest BCUT2D eigenvalue weighted by Gasteiger charge is 2.08. The molecule has 0 aliphatic rings. The molecule has 3 N–H and O–H groups in total. The summed E-state index contributed by atoms with van der Waals surface area (Å²) in [5, 5.41) is 6.36. The van der Waals surface area contributed by atoms with E-state index in [0.29, 0.717) is 6.54 Å². The van der Waals surface area contributed by atoms with E-state index in [0.717, 1.165) is 12.8 Å².